The molecule has 0 heterocycles. The monoisotopic (exact) mass is 198 g/mol. The van der Waals surface area contributed by atoms with Gasteiger partial charge in [0.05, 0.1) is 13.7 Å². The predicted octanol–water partition coefficient (Wildman–Crippen LogP) is 2.30. The van der Waals surface area contributed by atoms with E-state index in [9.17, 15) is 4.57 Å². The Morgan fingerprint density at radius 1 is 1.31 bits per heavy atom. The Balaban J connectivity index is 2.84. The van der Waals surface area contributed by atoms with Gasteiger partial charge >= 0.3 is 0 Å². The fraction of sp³-hybridized carbons (Fsp3) is 0.400. The van der Waals surface area contributed by atoms with Crippen LogP contribution in [0.4, 0.5) is 0 Å². The number of aliphatic hydroxyl groups excluding tert-OH is 1. The highest BCUT2D eigenvalue weighted by Crippen LogP contribution is 2.40. The van der Waals surface area contributed by atoms with Crippen LogP contribution < -0.4 is 0 Å². The maximum atomic E-state index is 11.5. The second kappa shape index (κ2) is 4.08. The van der Waals surface area contributed by atoms with Gasteiger partial charge in [-0.2, -0.15) is 0 Å². The molecule has 2 nitrogen and oxygen atoms in total. The topological polar surface area (TPSA) is 37.3 Å². The number of hydrogen-bond acceptors (Lipinski definition) is 2. The molecule has 1 rings (SSSR count). The largest absolute Gasteiger partial charge is 0.392 e. The Bertz CT molecular complexity index is 327. The van der Waals surface area contributed by atoms with E-state index in [2.05, 4.69) is 0 Å². The molecule has 3 heteroatoms. The number of rotatable bonds is 3. The quantitative estimate of drug-likeness (QED) is 0.756. The second-order valence-corrected chi connectivity index (χ2v) is 7.17. The minimum Gasteiger partial charge on any atom is -0.392 e. The van der Waals surface area contributed by atoms with E-state index >= 15 is 0 Å². The van der Waals surface area contributed by atoms with Crippen molar-refractivity contribution in [2.24, 2.45) is 0 Å². The van der Waals surface area contributed by atoms with E-state index in [1.165, 1.54) is 0 Å². The average Bonchev–Trinajstić information content (AvgIpc) is 2.01. The first-order chi connectivity index (χ1) is 6.01. The van der Waals surface area contributed by atoms with Gasteiger partial charge in [0.1, 0.15) is 0 Å². The summed E-state index contributed by atoms with van der Waals surface area (Å²) in [6, 6.07) is 7.59. The molecule has 0 unspecified atom stereocenters. The van der Waals surface area contributed by atoms with Crippen LogP contribution in [0, 0.1) is 0 Å². The van der Waals surface area contributed by atoms with Crippen molar-refractivity contribution in [3.8, 4) is 0 Å². The van der Waals surface area contributed by atoms with Gasteiger partial charge in [0.25, 0.3) is 0 Å². The Morgan fingerprint density at radius 2 is 1.92 bits per heavy atom. The van der Waals surface area contributed by atoms with Crippen molar-refractivity contribution in [1.29, 1.82) is 0 Å². The highest BCUT2D eigenvalue weighted by atomic mass is 31.2. The highest BCUT2D eigenvalue weighted by Gasteiger charge is 2.08. The molecule has 0 aliphatic rings. The van der Waals surface area contributed by atoms with Crippen LogP contribution in [0.5, 0.6) is 0 Å². The van der Waals surface area contributed by atoms with E-state index < -0.39 is 7.14 Å². The second-order valence-electron chi connectivity index (χ2n) is 3.71. The first-order valence-electron chi connectivity index (χ1n) is 4.24. The van der Waals surface area contributed by atoms with Crippen molar-refractivity contribution in [3.63, 3.8) is 0 Å². The smallest absolute Gasteiger partial charge is 0.0861 e. The molecular weight excluding hydrogens is 183 g/mol. The molecule has 0 spiro atoms. The normalized spacial score (nSPS) is 11.6. The molecule has 0 radical (unpaired) electrons. The average molecular weight is 198 g/mol. The van der Waals surface area contributed by atoms with Crippen LogP contribution in [0.25, 0.3) is 0 Å². The number of benzene rings is 1. The third-order valence-corrected chi connectivity index (χ3v) is 2.86. The lowest BCUT2D eigenvalue weighted by Gasteiger charge is -2.07. The summed E-state index contributed by atoms with van der Waals surface area (Å²) < 4.78 is 11.5. The molecule has 0 aliphatic carbocycles. The summed E-state index contributed by atoms with van der Waals surface area (Å²) in [6.07, 6.45) is 0.612. The molecule has 0 saturated heterocycles. The first-order valence-corrected chi connectivity index (χ1v) is 7.02. The fourth-order valence-electron chi connectivity index (χ4n) is 1.27. The lowest BCUT2D eigenvalue weighted by molar-refractivity contribution is 0.282. The minimum atomic E-state index is -2.00. The molecule has 0 fully saturated rings. The van der Waals surface area contributed by atoms with E-state index in [4.69, 9.17) is 5.11 Å². The van der Waals surface area contributed by atoms with E-state index in [1.54, 1.807) is 13.3 Å². The van der Waals surface area contributed by atoms with Crippen LogP contribution in [0.2, 0.25) is 0 Å². The summed E-state index contributed by atoms with van der Waals surface area (Å²) in [5, 5.41) is 8.89. The van der Waals surface area contributed by atoms with Gasteiger partial charge in [-0.1, -0.05) is 24.3 Å². The third kappa shape index (κ3) is 3.75. The van der Waals surface area contributed by atoms with Gasteiger partial charge in [0.2, 0.25) is 0 Å². The summed E-state index contributed by atoms with van der Waals surface area (Å²) >= 11 is 0. The first kappa shape index (κ1) is 10.5. The van der Waals surface area contributed by atoms with Crippen molar-refractivity contribution in [3.05, 3.63) is 35.4 Å². The molecule has 13 heavy (non-hydrogen) atoms. The lowest BCUT2D eigenvalue weighted by Crippen LogP contribution is -1.89. The molecule has 0 atom stereocenters. The van der Waals surface area contributed by atoms with Gasteiger partial charge in [0, 0.05) is 6.16 Å². The van der Waals surface area contributed by atoms with Crippen molar-refractivity contribution < 1.29 is 9.67 Å². The number of hydrogen-bond donors (Lipinski definition) is 1. The van der Waals surface area contributed by atoms with Gasteiger partial charge in [0.15, 0.2) is 0 Å². The molecule has 72 valence electrons. The van der Waals surface area contributed by atoms with Crippen LogP contribution in [0.1, 0.15) is 11.1 Å². The van der Waals surface area contributed by atoms with Gasteiger partial charge < -0.3 is 9.67 Å². The number of aliphatic hydroxyl groups is 1. The molecule has 1 aromatic carbocycles. The van der Waals surface area contributed by atoms with Crippen molar-refractivity contribution in [1.82, 2.24) is 0 Å². The molecule has 1 aromatic rings. The maximum Gasteiger partial charge on any atom is 0.0861 e. The van der Waals surface area contributed by atoms with Gasteiger partial charge in [-0.05, 0) is 24.5 Å². The highest BCUT2D eigenvalue weighted by molar-refractivity contribution is 7.61. The van der Waals surface area contributed by atoms with Crippen LogP contribution in [-0.4, -0.2) is 18.4 Å². The summed E-state index contributed by atoms with van der Waals surface area (Å²) in [5.41, 5.74) is 1.92. The summed E-state index contributed by atoms with van der Waals surface area (Å²) in [7, 11) is -2.00. The lowest BCUT2D eigenvalue weighted by atomic mass is 10.1. The van der Waals surface area contributed by atoms with Crippen molar-refractivity contribution in [2.75, 3.05) is 13.3 Å². The Morgan fingerprint density at radius 3 is 2.46 bits per heavy atom. The van der Waals surface area contributed by atoms with Crippen LogP contribution in [-0.2, 0) is 17.3 Å². The molecule has 0 aromatic heterocycles. The third-order valence-electron chi connectivity index (χ3n) is 1.74. The Hall–Kier alpha value is -0.590. The molecule has 0 aliphatic heterocycles. The van der Waals surface area contributed by atoms with Gasteiger partial charge in [-0.3, -0.25) is 0 Å². The molecule has 0 saturated carbocycles. The van der Waals surface area contributed by atoms with Crippen LogP contribution in [0.3, 0.4) is 0 Å². The van der Waals surface area contributed by atoms with Crippen LogP contribution in [0.15, 0.2) is 24.3 Å². The van der Waals surface area contributed by atoms with E-state index in [0.717, 1.165) is 11.1 Å². The van der Waals surface area contributed by atoms with Gasteiger partial charge in [-0.25, -0.2) is 0 Å². The minimum absolute atomic E-state index is 0.0472. The van der Waals surface area contributed by atoms with E-state index in [0.29, 0.717) is 6.16 Å². The molecule has 1 N–H and O–H groups in total. The van der Waals surface area contributed by atoms with Crippen molar-refractivity contribution >= 4 is 7.14 Å². The SMILES string of the molecule is CP(C)(=O)Cc1cccc(CO)c1. The predicted molar refractivity (Wildman–Crippen MR) is 55.5 cm³/mol. The standard InChI is InChI=1S/C10H15O2P/c1-13(2,12)8-10-5-3-4-9(6-10)7-11/h3-6,11H,7-8H2,1-2H3. The molecule has 0 bridgehead atoms. The Labute approximate surface area is 79.0 Å². The maximum absolute atomic E-state index is 11.5. The molecular formula is C10H15O2P. The Kier molecular flexibility index (Phi) is 3.29. The zero-order valence-electron chi connectivity index (χ0n) is 8.03. The van der Waals surface area contributed by atoms with Crippen LogP contribution >= 0.6 is 7.14 Å². The van der Waals surface area contributed by atoms with Gasteiger partial charge in [-0.15, -0.1) is 0 Å². The molecule has 0 amide bonds. The summed E-state index contributed by atoms with van der Waals surface area (Å²) in [4.78, 5) is 0. The van der Waals surface area contributed by atoms with E-state index in [1.807, 2.05) is 24.3 Å². The zero-order chi connectivity index (χ0) is 9.90. The fourth-order valence-corrected chi connectivity index (χ4v) is 2.34. The van der Waals surface area contributed by atoms with Crippen molar-refractivity contribution in [2.45, 2.75) is 12.8 Å². The van der Waals surface area contributed by atoms with E-state index in [-0.39, 0.29) is 6.61 Å². The zero-order valence-corrected chi connectivity index (χ0v) is 8.92. The summed E-state index contributed by atoms with van der Waals surface area (Å²) in [5.74, 6) is 0. The summed E-state index contributed by atoms with van der Waals surface area (Å²) in [6.45, 7) is 3.60.